The number of carboxylic acids is 1. The maximum absolute atomic E-state index is 12.7. The summed E-state index contributed by atoms with van der Waals surface area (Å²) in [7, 11) is -2.13. The van der Waals surface area contributed by atoms with E-state index in [0.29, 0.717) is 18.1 Å². The molecular formula is C28H32N2O6S. The summed E-state index contributed by atoms with van der Waals surface area (Å²) in [5.74, 6) is -0.623. The van der Waals surface area contributed by atoms with E-state index in [-0.39, 0.29) is 12.1 Å². The van der Waals surface area contributed by atoms with E-state index < -0.39 is 27.3 Å². The Bertz CT molecular complexity index is 1520. The summed E-state index contributed by atoms with van der Waals surface area (Å²) in [6, 6.07) is 11.1. The molecule has 1 saturated carbocycles. The monoisotopic (exact) mass is 524 g/mol. The van der Waals surface area contributed by atoms with Crippen molar-refractivity contribution in [3.8, 4) is 17.0 Å². The average Bonchev–Trinajstić information content (AvgIpc) is 3.08. The Morgan fingerprint density at radius 1 is 1.11 bits per heavy atom. The lowest BCUT2D eigenvalue weighted by Crippen LogP contribution is -2.34. The second-order valence-corrected chi connectivity index (χ2v) is 12.4. The highest BCUT2D eigenvalue weighted by atomic mass is 32.2. The highest BCUT2D eigenvalue weighted by Crippen LogP contribution is 2.48. The number of sulfonamides is 1. The number of amides is 1. The van der Waals surface area contributed by atoms with Crippen molar-refractivity contribution < 1.29 is 27.9 Å². The van der Waals surface area contributed by atoms with Crippen molar-refractivity contribution in [2.75, 3.05) is 13.4 Å². The van der Waals surface area contributed by atoms with Crippen LogP contribution in [0.3, 0.4) is 0 Å². The zero-order valence-electron chi connectivity index (χ0n) is 21.3. The Balaban J connectivity index is 1.82. The van der Waals surface area contributed by atoms with Gasteiger partial charge in [0.15, 0.2) is 0 Å². The predicted octanol–water partition coefficient (Wildman–Crippen LogP) is 4.70. The second-order valence-electron chi connectivity index (χ2n) is 10.7. The molecule has 196 valence electrons. The van der Waals surface area contributed by atoms with E-state index in [0.717, 1.165) is 59.7 Å². The van der Waals surface area contributed by atoms with Gasteiger partial charge in [0.2, 0.25) is 10.0 Å². The summed E-state index contributed by atoms with van der Waals surface area (Å²) in [5, 5.41) is 11.3. The molecule has 5 rings (SSSR count). The summed E-state index contributed by atoms with van der Waals surface area (Å²) in [4.78, 5) is 25.3. The van der Waals surface area contributed by atoms with Crippen molar-refractivity contribution in [2.45, 2.75) is 57.9 Å². The smallest absolute Gasteiger partial charge is 0.311 e. The molecule has 1 aliphatic heterocycles. The van der Waals surface area contributed by atoms with Crippen LogP contribution in [0.5, 0.6) is 5.75 Å². The Kier molecular flexibility index (Phi) is 6.30. The largest absolute Gasteiger partial charge is 0.497 e. The molecule has 2 heterocycles. The van der Waals surface area contributed by atoms with Gasteiger partial charge in [-0.3, -0.25) is 9.59 Å². The molecule has 1 atom stereocenters. The molecule has 1 aromatic heterocycles. The number of rotatable bonds is 5. The van der Waals surface area contributed by atoms with Crippen molar-refractivity contribution in [2.24, 2.45) is 5.41 Å². The third-order valence-electron chi connectivity index (χ3n) is 7.83. The van der Waals surface area contributed by atoms with Gasteiger partial charge in [-0.1, -0.05) is 25.3 Å². The number of carbonyl (C=O) groups excluding carboxylic acids is 1. The van der Waals surface area contributed by atoms with Crippen molar-refractivity contribution in [1.29, 1.82) is 0 Å². The molecule has 2 aliphatic rings. The first-order valence-electron chi connectivity index (χ1n) is 12.6. The fourth-order valence-corrected chi connectivity index (χ4v) is 6.50. The van der Waals surface area contributed by atoms with Crippen LogP contribution < -0.4 is 9.46 Å². The fourth-order valence-electron chi connectivity index (χ4n) is 6.05. The number of carboxylic acid groups (broad SMARTS) is 1. The van der Waals surface area contributed by atoms with Gasteiger partial charge in [0, 0.05) is 28.6 Å². The first-order valence-corrected chi connectivity index (χ1v) is 14.5. The zero-order valence-corrected chi connectivity index (χ0v) is 22.2. The number of nitrogens with zero attached hydrogens (tertiary/aromatic N) is 1. The van der Waals surface area contributed by atoms with Crippen molar-refractivity contribution >= 4 is 32.8 Å². The lowest BCUT2D eigenvalue weighted by Gasteiger charge is -2.24. The Morgan fingerprint density at radius 2 is 1.84 bits per heavy atom. The maximum Gasteiger partial charge on any atom is 0.311 e. The van der Waals surface area contributed by atoms with Gasteiger partial charge in [0.1, 0.15) is 5.75 Å². The molecule has 0 saturated heterocycles. The first kappa shape index (κ1) is 25.3. The van der Waals surface area contributed by atoms with E-state index in [1.54, 1.807) is 26.2 Å². The molecule has 2 aromatic carbocycles. The third-order valence-corrected chi connectivity index (χ3v) is 8.39. The van der Waals surface area contributed by atoms with Crippen LogP contribution in [-0.4, -0.2) is 43.3 Å². The fraction of sp³-hybridized carbons (Fsp3) is 0.429. The van der Waals surface area contributed by atoms with E-state index >= 15 is 0 Å². The standard InChI is InChI=1S/C28H32N2O6S/c1-28(27(32)33)15-19-13-20(36-2)10-12-21(19)25-24(17-7-5-4-6-8-17)22-11-9-18(14-23(22)30(25)16-28)26(31)29-37(3,34)35/h9-14,17H,4-8,15-16H2,1-3H3,(H,29,31)(H,32,33). The van der Waals surface area contributed by atoms with Gasteiger partial charge in [-0.25, -0.2) is 13.1 Å². The van der Waals surface area contributed by atoms with Gasteiger partial charge in [-0.15, -0.1) is 0 Å². The molecule has 2 N–H and O–H groups in total. The molecule has 37 heavy (non-hydrogen) atoms. The van der Waals surface area contributed by atoms with Crippen LogP contribution in [0, 0.1) is 5.41 Å². The molecule has 0 bridgehead atoms. The van der Waals surface area contributed by atoms with Crippen molar-refractivity contribution in [3.63, 3.8) is 0 Å². The molecule has 9 heteroatoms. The van der Waals surface area contributed by atoms with E-state index in [4.69, 9.17) is 4.74 Å². The lowest BCUT2D eigenvalue weighted by molar-refractivity contribution is -0.148. The zero-order chi connectivity index (χ0) is 26.5. The SMILES string of the molecule is COc1ccc2c(c1)CC(C)(C(=O)O)Cn1c-2c(C2CCCCC2)c2ccc(C(=O)NS(C)(=O)=O)cc21. The topological polar surface area (TPSA) is 115 Å². The molecule has 1 fully saturated rings. The number of aliphatic carboxylic acids is 1. The van der Waals surface area contributed by atoms with Crippen LogP contribution in [0.25, 0.3) is 22.2 Å². The van der Waals surface area contributed by atoms with Gasteiger partial charge in [0.25, 0.3) is 5.91 Å². The molecule has 1 aliphatic carbocycles. The van der Waals surface area contributed by atoms with Gasteiger partial charge in [0.05, 0.1) is 24.5 Å². The Hall–Kier alpha value is -3.33. The highest BCUT2D eigenvalue weighted by Gasteiger charge is 2.40. The molecule has 1 amide bonds. The lowest BCUT2D eigenvalue weighted by atomic mass is 9.80. The number of benzene rings is 2. The van der Waals surface area contributed by atoms with Gasteiger partial charge >= 0.3 is 5.97 Å². The number of methoxy groups -OCH3 is 1. The summed E-state index contributed by atoms with van der Waals surface area (Å²) < 4.78 is 33.0. The number of hydrogen-bond acceptors (Lipinski definition) is 5. The third kappa shape index (κ3) is 4.61. The molecule has 3 aromatic rings. The van der Waals surface area contributed by atoms with Crippen LogP contribution in [0.1, 0.15) is 66.4 Å². The van der Waals surface area contributed by atoms with Crippen LogP contribution in [0.15, 0.2) is 36.4 Å². The number of aromatic nitrogens is 1. The Morgan fingerprint density at radius 3 is 2.49 bits per heavy atom. The minimum Gasteiger partial charge on any atom is -0.497 e. The highest BCUT2D eigenvalue weighted by molar-refractivity contribution is 7.89. The normalized spacial score (nSPS) is 20.1. The van der Waals surface area contributed by atoms with Gasteiger partial charge in [-0.2, -0.15) is 0 Å². The van der Waals surface area contributed by atoms with E-state index in [2.05, 4.69) is 0 Å². The minimum atomic E-state index is -3.73. The summed E-state index contributed by atoms with van der Waals surface area (Å²) in [6.45, 7) is 1.97. The first-order chi connectivity index (χ1) is 17.5. The van der Waals surface area contributed by atoms with Crippen molar-refractivity contribution in [1.82, 2.24) is 9.29 Å². The minimum absolute atomic E-state index is 0.213. The summed E-state index contributed by atoms with van der Waals surface area (Å²) >= 11 is 0. The van der Waals surface area contributed by atoms with Crippen molar-refractivity contribution in [3.05, 3.63) is 53.1 Å². The van der Waals surface area contributed by atoms with E-state index in [1.165, 1.54) is 12.0 Å². The van der Waals surface area contributed by atoms with Crippen LogP contribution in [0.2, 0.25) is 0 Å². The molecule has 1 unspecified atom stereocenters. The van der Waals surface area contributed by atoms with Crippen LogP contribution in [0.4, 0.5) is 0 Å². The number of ether oxygens (including phenoxy) is 1. The molecule has 0 radical (unpaired) electrons. The molecular weight excluding hydrogens is 492 g/mol. The number of hydrogen-bond donors (Lipinski definition) is 2. The average molecular weight is 525 g/mol. The maximum atomic E-state index is 12.7. The molecule has 8 nitrogen and oxygen atoms in total. The predicted molar refractivity (Wildman–Crippen MR) is 142 cm³/mol. The van der Waals surface area contributed by atoms with E-state index in [9.17, 15) is 23.1 Å². The number of carbonyl (C=O) groups is 2. The molecule has 0 spiro atoms. The van der Waals surface area contributed by atoms with Gasteiger partial charge in [-0.05, 0) is 73.6 Å². The summed E-state index contributed by atoms with van der Waals surface area (Å²) in [5.41, 5.74) is 3.92. The quantitative estimate of drug-likeness (QED) is 0.500. The van der Waals surface area contributed by atoms with E-state index in [1.807, 2.05) is 33.6 Å². The van der Waals surface area contributed by atoms with Gasteiger partial charge < -0.3 is 14.4 Å². The van der Waals surface area contributed by atoms with Crippen LogP contribution in [-0.2, 0) is 27.8 Å². The number of nitrogens with one attached hydrogen (secondary N) is 1. The summed E-state index contributed by atoms with van der Waals surface area (Å²) in [6.07, 6.45) is 6.83. The van der Waals surface area contributed by atoms with Crippen LogP contribution >= 0.6 is 0 Å². The second kappa shape index (κ2) is 9.20. The Labute approximate surface area is 216 Å². The number of fused-ring (bicyclic) bond motifs is 5.